The third-order valence-electron chi connectivity index (χ3n) is 4.26. The van der Waals surface area contributed by atoms with E-state index in [4.69, 9.17) is 9.47 Å². The number of methoxy groups -OCH3 is 1. The number of amides is 1. The summed E-state index contributed by atoms with van der Waals surface area (Å²) in [7, 11) is 3.17. The highest BCUT2D eigenvalue weighted by Crippen LogP contribution is 2.29. The Morgan fingerprint density at radius 2 is 2.03 bits per heavy atom. The van der Waals surface area contributed by atoms with Crippen molar-refractivity contribution in [2.75, 3.05) is 12.4 Å². The predicted molar refractivity (Wildman–Crippen MR) is 106 cm³/mol. The summed E-state index contributed by atoms with van der Waals surface area (Å²) in [4.78, 5) is 34.7. The van der Waals surface area contributed by atoms with Gasteiger partial charge >= 0.3 is 5.97 Å². The first-order chi connectivity index (χ1) is 13.6. The van der Waals surface area contributed by atoms with Crippen LogP contribution in [0, 0.1) is 24.0 Å². The molecule has 29 heavy (non-hydrogen) atoms. The number of anilines is 1. The van der Waals surface area contributed by atoms with Gasteiger partial charge in [-0.25, -0.2) is 4.79 Å². The SMILES string of the molecule is COc1ccc([N+](=O)[O-])cc1NC(=O)[C@@H](C)OC(=O)/C=C/c1c(C)nn(C)c1C. The zero-order valence-corrected chi connectivity index (χ0v) is 16.8. The Morgan fingerprint density at radius 1 is 1.34 bits per heavy atom. The Bertz CT molecular complexity index is 979. The molecule has 0 saturated heterocycles. The zero-order chi connectivity index (χ0) is 21.7. The third-order valence-corrected chi connectivity index (χ3v) is 4.26. The Hall–Kier alpha value is -3.69. The highest BCUT2D eigenvalue weighted by Gasteiger charge is 2.20. The van der Waals surface area contributed by atoms with Gasteiger partial charge in [0.15, 0.2) is 6.10 Å². The van der Waals surface area contributed by atoms with Crippen LogP contribution in [0.3, 0.4) is 0 Å². The van der Waals surface area contributed by atoms with Gasteiger partial charge in [-0.2, -0.15) is 5.10 Å². The zero-order valence-electron chi connectivity index (χ0n) is 16.8. The number of hydrogen-bond acceptors (Lipinski definition) is 7. The monoisotopic (exact) mass is 402 g/mol. The summed E-state index contributed by atoms with van der Waals surface area (Å²) >= 11 is 0. The molecule has 2 rings (SSSR count). The van der Waals surface area contributed by atoms with Crippen molar-refractivity contribution in [1.82, 2.24) is 9.78 Å². The minimum Gasteiger partial charge on any atom is -0.495 e. The summed E-state index contributed by atoms with van der Waals surface area (Å²) in [5.41, 5.74) is 2.33. The molecular weight excluding hydrogens is 380 g/mol. The number of nitro benzene ring substituents is 1. The minimum absolute atomic E-state index is 0.103. The van der Waals surface area contributed by atoms with E-state index in [1.165, 1.54) is 38.3 Å². The lowest BCUT2D eigenvalue weighted by molar-refractivity contribution is -0.384. The Balaban J connectivity index is 2.05. The molecule has 154 valence electrons. The molecule has 1 amide bonds. The molecule has 0 aliphatic carbocycles. The molecule has 10 nitrogen and oxygen atoms in total. The number of aryl methyl sites for hydroxylation is 2. The van der Waals surface area contributed by atoms with Gasteiger partial charge in [0.2, 0.25) is 0 Å². The van der Waals surface area contributed by atoms with E-state index < -0.39 is 22.9 Å². The topological polar surface area (TPSA) is 126 Å². The van der Waals surface area contributed by atoms with Crippen LogP contribution in [-0.4, -0.2) is 39.8 Å². The Morgan fingerprint density at radius 3 is 2.59 bits per heavy atom. The fourth-order valence-corrected chi connectivity index (χ4v) is 2.59. The van der Waals surface area contributed by atoms with Crippen LogP contribution in [0.2, 0.25) is 0 Å². The average molecular weight is 402 g/mol. The molecule has 0 unspecified atom stereocenters. The van der Waals surface area contributed by atoms with E-state index in [1.807, 2.05) is 13.8 Å². The fraction of sp³-hybridized carbons (Fsp3) is 0.316. The van der Waals surface area contributed by atoms with Gasteiger partial charge in [-0.05, 0) is 32.9 Å². The molecule has 1 heterocycles. The molecule has 0 aliphatic rings. The van der Waals surface area contributed by atoms with Crippen LogP contribution in [-0.2, 0) is 21.4 Å². The standard InChI is InChI=1S/C19H22N4O6/c1-11-15(12(2)22(4)21-11)7-9-18(24)29-13(3)19(25)20-16-10-14(23(26)27)6-8-17(16)28-5/h6-10,13H,1-5H3,(H,20,25)/b9-7+/t13-/m1/s1. The van der Waals surface area contributed by atoms with Gasteiger partial charge < -0.3 is 14.8 Å². The van der Waals surface area contributed by atoms with Crippen LogP contribution in [0.1, 0.15) is 23.9 Å². The van der Waals surface area contributed by atoms with Crippen molar-refractivity contribution in [3.8, 4) is 5.75 Å². The number of non-ortho nitro benzene ring substituents is 1. The summed E-state index contributed by atoms with van der Waals surface area (Å²) in [6.07, 6.45) is 1.66. The van der Waals surface area contributed by atoms with Crippen LogP contribution in [0.15, 0.2) is 24.3 Å². The maximum atomic E-state index is 12.3. The first-order valence-corrected chi connectivity index (χ1v) is 8.66. The van der Waals surface area contributed by atoms with Gasteiger partial charge in [0.1, 0.15) is 5.75 Å². The lowest BCUT2D eigenvalue weighted by Crippen LogP contribution is -2.29. The van der Waals surface area contributed by atoms with Crippen molar-refractivity contribution in [1.29, 1.82) is 0 Å². The van der Waals surface area contributed by atoms with Crippen molar-refractivity contribution >= 4 is 29.3 Å². The number of esters is 1. The van der Waals surface area contributed by atoms with Crippen LogP contribution >= 0.6 is 0 Å². The quantitative estimate of drug-likeness (QED) is 0.326. The molecule has 1 atom stereocenters. The summed E-state index contributed by atoms with van der Waals surface area (Å²) in [5.74, 6) is -1.12. The minimum atomic E-state index is -1.13. The van der Waals surface area contributed by atoms with E-state index in [1.54, 1.807) is 17.8 Å². The van der Waals surface area contributed by atoms with E-state index in [0.717, 1.165) is 17.0 Å². The number of benzene rings is 1. The first-order valence-electron chi connectivity index (χ1n) is 8.66. The highest BCUT2D eigenvalue weighted by molar-refractivity contribution is 5.97. The predicted octanol–water partition coefficient (Wildman–Crippen LogP) is 2.54. The van der Waals surface area contributed by atoms with Gasteiger partial charge in [0.25, 0.3) is 11.6 Å². The third kappa shape index (κ3) is 5.18. The van der Waals surface area contributed by atoms with Crippen molar-refractivity contribution in [3.05, 3.63) is 51.3 Å². The second kappa shape index (κ2) is 9.00. The van der Waals surface area contributed by atoms with Crippen LogP contribution in [0.5, 0.6) is 5.75 Å². The number of carbonyl (C=O) groups is 2. The number of rotatable bonds is 7. The summed E-state index contributed by atoms with van der Waals surface area (Å²) in [6.45, 7) is 5.08. The van der Waals surface area contributed by atoms with Gasteiger partial charge in [-0.15, -0.1) is 0 Å². The molecule has 0 saturated carbocycles. The number of carbonyl (C=O) groups excluding carboxylic acids is 2. The summed E-state index contributed by atoms with van der Waals surface area (Å²) < 4.78 is 11.9. The number of ether oxygens (including phenoxy) is 2. The molecule has 1 aromatic heterocycles. The van der Waals surface area contributed by atoms with E-state index in [2.05, 4.69) is 10.4 Å². The molecule has 1 aromatic carbocycles. The highest BCUT2D eigenvalue weighted by atomic mass is 16.6. The smallest absolute Gasteiger partial charge is 0.331 e. The maximum Gasteiger partial charge on any atom is 0.331 e. The van der Waals surface area contributed by atoms with Crippen molar-refractivity contribution < 1.29 is 24.0 Å². The molecule has 0 aliphatic heterocycles. The van der Waals surface area contributed by atoms with Gasteiger partial charge in [0.05, 0.1) is 23.4 Å². The lowest BCUT2D eigenvalue weighted by Gasteiger charge is -2.14. The van der Waals surface area contributed by atoms with Crippen LogP contribution in [0.4, 0.5) is 11.4 Å². The second-order valence-electron chi connectivity index (χ2n) is 6.25. The van der Waals surface area contributed by atoms with Crippen LogP contribution < -0.4 is 10.1 Å². The van der Waals surface area contributed by atoms with Gasteiger partial charge in [0, 0.05) is 36.5 Å². The molecule has 2 aromatic rings. The van der Waals surface area contributed by atoms with Crippen molar-refractivity contribution in [3.63, 3.8) is 0 Å². The molecule has 1 N–H and O–H groups in total. The lowest BCUT2D eigenvalue weighted by atomic mass is 10.2. The average Bonchev–Trinajstić information content (AvgIpc) is 2.91. The molecule has 0 radical (unpaired) electrons. The Kier molecular flexibility index (Phi) is 6.71. The summed E-state index contributed by atoms with van der Waals surface area (Å²) in [6, 6.07) is 3.79. The normalized spacial score (nSPS) is 11.9. The molecule has 0 bridgehead atoms. The number of hydrogen-bond donors (Lipinski definition) is 1. The number of nitrogens with zero attached hydrogens (tertiary/aromatic N) is 3. The molecule has 10 heteroatoms. The number of nitro groups is 1. The molecule has 0 fully saturated rings. The first kappa shape index (κ1) is 21.6. The van der Waals surface area contributed by atoms with Crippen molar-refractivity contribution in [2.45, 2.75) is 26.9 Å². The van der Waals surface area contributed by atoms with E-state index in [9.17, 15) is 19.7 Å². The van der Waals surface area contributed by atoms with Crippen LogP contribution in [0.25, 0.3) is 6.08 Å². The Labute approximate surface area is 167 Å². The molecule has 0 spiro atoms. The molecular formula is C19H22N4O6. The number of aromatic nitrogens is 2. The fourth-order valence-electron chi connectivity index (χ4n) is 2.59. The van der Waals surface area contributed by atoms with E-state index in [0.29, 0.717) is 0 Å². The van der Waals surface area contributed by atoms with Crippen molar-refractivity contribution in [2.24, 2.45) is 7.05 Å². The van der Waals surface area contributed by atoms with E-state index in [-0.39, 0.29) is 17.1 Å². The second-order valence-corrected chi connectivity index (χ2v) is 6.25. The summed E-state index contributed by atoms with van der Waals surface area (Å²) in [5, 5.41) is 17.6. The van der Waals surface area contributed by atoms with E-state index >= 15 is 0 Å². The largest absolute Gasteiger partial charge is 0.495 e. The maximum absolute atomic E-state index is 12.3. The number of nitrogens with one attached hydrogen (secondary N) is 1. The van der Waals surface area contributed by atoms with Gasteiger partial charge in [-0.3, -0.25) is 19.6 Å². The van der Waals surface area contributed by atoms with Gasteiger partial charge in [-0.1, -0.05) is 0 Å².